The van der Waals surface area contributed by atoms with Crippen molar-refractivity contribution in [1.29, 1.82) is 0 Å². The molecule has 0 unspecified atom stereocenters. The summed E-state index contributed by atoms with van der Waals surface area (Å²) in [6.07, 6.45) is 4.16. The maximum Gasteiger partial charge on any atom is 0.243 e. The second kappa shape index (κ2) is 10.7. The molecule has 3 rings (SSSR count). The predicted octanol–water partition coefficient (Wildman–Crippen LogP) is 6.17. The van der Waals surface area contributed by atoms with E-state index in [1.807, 2.05) is 45.0 Å². The number of aryl methyl sites for hydroxylation is 1. The molecule has 0 radical (unpaired) electrons. The fourth-order valence-electron chi connectivity index (χ4n) is 4.35. The summed E-state index contributed by atoms with van der Waals surface area (Å²) in [5, 5.41) is 0. The molecule has 0 aromatic heterocycles. The van der Waals surface area contributed by atoms with Gasteiger partial charge >= 0.3 is 0 Å². The number of sulfonamides is 1. The molecule has 2 aromatic carbocycles. The third-order valence-corrected chi connectivity index (χ3v) is 8.73. The molecule has 1 aliphatic rings. The van der Waals surface area contributed by atoms with E-state index in [4.69, 9.17) is 9.47 Å². The van der Waals surface area contributed by atoms with E-state index >= 15 is 0 Å². The monoisotopic (exact) mass is 571 g/mol. The van der Waals surface area contributed by atoms with Gasteiger partial charge in [0.2, 0.25) is 10.0 Å². The van der Waals surface area contributed by atoms with Gasteiger partial charge in [-0.1, -0.05) is 37.5 Å². The zero-order valence-electron chi connectivity index (χ0n) is 19.6. The number of methoxy groups -OCH3 is 1. The Bertz CT molecular complexity index is 1020. The first kappa shape index (κ1) is 25.3. The number of ether oxygens (including phenoxy) is 2. The van der Waals surface area contributed by atoms with Gasteiger partial charge in [0, 0.05) is 12.6 Å². The molecule has 0 aliphatic heterocycles. The molecule has 2 aromatic rings. The van der Waals surface area contributed by atoms with Crippen molar-refractivity contribution in [3.63, 3.8) is 0 Å². The molecule has 1 fully saturated rings. The van der Waals surface area contributed by atoms with Crippen LogP contribution in [0.25, 0.3) is 0 Å². The number of benzene rings is 2. The smallest absolute Gasteiger partial charge is 0.243 e. The van der Waals surface area contributed by atoms with Crippen molar-refractivity contribution in [2.24, 2.45) is 5.92 Å². The topological polar surface area (TPSA) is 55.8 Å². The van der Waals surface area contributed by atoms with Crippen LogP contribution in [-0.4, -0.2) is 32.0 Å². The van der Waals surface area contributed by atoms with Crippen molar-refractivity contribution in [3.8, 4) is 11.5 Å². The van der Waals surface area contributed by atoms with Crippen LogP contribution in [0.3, 0.4) is 0 Å². The zero-order chi connectivity index (χ0) is 23.5. The molecule has 0 amide bonds. The normalized spacial score (nSPS) is 19.4. The van der Waals surface area contributed by atoms with Crippen molar-refractivity contribution in [3.05, 3.63) is 51.1 Å². The van der Waals surface area contributed by atoms with E-state index in [9.17, 15) is 8.42 Å². The summed E-state index contributed by atoms with van der Waals surface area (Å²) in [6, 6.07) is 11.0. The number of nitrogens with zero attached hydrogens (tertiary/aromatic N) is 1. The van der Waals surface area contributed by atoms with E-state index < -0.39 is 10.0 Å². The Hall–Kier alpha value is -1.32. The van der Waals surface area contributed by atoms with Crippen LogP contribution in [0.4, 0.5) is 0 Å². The molecule has 0 N–H and O–H groups in total. The summed E-state index contributed by atoms with van der Waals surface area (Å²) in [5.74, 6) is 1.64. The fraction of sp³-hybridized carbons (Fsp3) is 0.520. The highest BCUT2D eigenvalue weighted by atomic mass is 127. The van der Waals surface area contributed by atoms with Gasteiger partial charge in [-0.3, -0.25) is 0 Å². The van der Waals surface area contributed by atoms with Gasteiger partial charge < -0.3 is 9.47 Å². The molecule has 0 spiro atoms. The SMILES string of the molecule is COc1cc(CN([C@H]2CCCC[C@@H]2C)S(=O)(=O)c2ccc(C)cc2)cc(I)c1OC(C)C. The molecule has 5 nitrogen and oxygen atoms in total. The Morgan fingerprint density at radius 1 is 1.12 bits per heavy atom. The lowest BCUT2D eigenvalue weighted by atomic mass is 9.86. The molecule has 176 valence electrons. The maximum atomic E-state index is 13.8. The summed E-state index contributed by atoms with van der Waals surface area (Å²) in [7, 11) is -2.03. The van der Waals surface area contributed by atoms with Crippen LogP contribution in [0.5, 0.6) is 11.5 Å². The Kier molecular flexibility index (Phi) is 8.49. The van der Waals surface area contributed by atoms with Crippen LogP contribution in [0, 0.1) is 16.4 Å². The van der Waals surface area contributed by atoms with Gasteiger partial charge in [-0.05, 0) is 92.0 Å². The molecule has 32 heavy (non-hydrogen) atoms. The molecule has 0 bridgehead atoms. The van der Waals surface area contributed by atoms with Crippen LogP contribution < -0.4 is 9.47 Å². The first-order chi connectivity index (χ1) is 15.1. The summed E-state index contributed by atoms with van der Waals surface area (Å²) >= 11 is 2.24. The summed E-state index contributed by atoms with van der Waals surface area (Å²) in [5.41, 5.74) is 1.94. The van der Waals surface area contributed by atoms with Gasteiger partial charge in [-0.25, -0.2) is 8.42 Å². The van der Waals surface area contributed by atoms with E-state index in [0.717, 1.165) is 40.4 Å². The summed E-state index contributed by atoms with van der Waals surface area (Å²) in [4.78, 5) is 0.349. The van der Waals surface area contributed by atoms with Gasteiger partial charge in [0.25, 0.3) is 0 Å². The van der Waals surface area contributed by atoms with Crippen LogP contribution in [0.2, 0.25) is 0 Å². The largest absolute Gasteiger partial charge is 0.493 e. The molecular weight excluding hydrogens is 537 g/mol. The van der Waals surface area contributed by atoms with Gasteiger partial charge in [-0.2, -0.15) is 4.31 Å². The summed E-state index contributed by atoms with van der Waals surface area (Å²) < 4.78 is 41.8. The lowest BCUT2D eigenvalue weighted by Gasteiger charge is -2.38. The van der Waals surface area contributed by atoms with Crippen molar-refractivity contribution in [2.75, 3.05) is 7.11 Å². The van der Waals surface area contributed by atoms with E-state index in [1.165, 1.54) is 0 Å². The van der Waals surface area contributed by atoms with Crippen LogP contribution in [0.1, 0.15) is 57.6 Å². The lowest BCUT2D eigenvalue weighted by molar-refractivity contribution is 0.185. The third kappa shape index (κ3) is 5.78. The highest BCUT2D eigenvalue weighted by Crippen LogP contribution is 2.37. The van der Waals surface area contributed by atoms with Crippen LogP contribution in [-0.2, 0) is 16.6 Å². The van der Waals surface area contributed by atoms with Gasteiger partial charge in [0.1, 0.15) is 0 Å². The second-order valence-electron chi connectivity index (χ2n) is 8.97. The number of rotatable bonds is 8. The number of hydrogen-bond acceptors (Lipinski definition) is 4. The lowest BCUT2D eigenvalue weighted by Crippen LogP contribution is -2.44. The number of halogens is 1. The first-order valence-electron chi connectivity index (χ1n) is 11.2. The maximum absolute atomic E-state index is 13.8. The van der Waals surface area contributed by atoms with Crippen molar-refractivity contribution in [1.82, 2.24) is 4.31 Å². The molecule has 2 atom stereocenters. The minimum Gasteiger partial charge on any atom is -0.493 e. The molecule has 7 heteroatoms. The van der Waals surface area contributed by atoms with Crippen molar-refractivity contribution < 1.29 is 17.9 Å². The van der Waals surface area contributed by atoms with E-state index in [0.29, 0.717) is 28.9 Å². The van der Waals surface area contributed by atoms with Crippen molar-refractivity contribution >= 4 is 32.6 Å². The molecule has 1 saturated carbocycles. The third-order valence-electron chi connectivity index (χ3n) is 6.04. The Labute approximate surface area is 206 Å². The van der Waals surface area contributed by atoms with E-state index in [1.54, 1.807) is 23.5 Å². The Balaban J connectivity index is 2.03. The first-order valence-corrected chi connectivity index (χ1v) is 13.8. The van der Waals surface area contributed by atoms with Crippen LogP contribution in [0.15, 0.2) is 41.3 Å². The van der Waals surface area contributed by atoms with Gasteiger partial charge in [-0.15, -0.1) is 0 Å². The van der Waals surface area contributed by atoms with E-state index in [-0.39, 0.29) is 12.1 Å². The molecular formula is C25H34INO4S. The Morgan fingerprint density at radius 2 is 1.78 bits per heavy atom. The number of hydrogen-bond donors (Lipinski definition) is 0. The Morgan fingerprint density at radius 3 is 2.38 bits per heavy atom. The molecule has 0 heterocycles. The highest BCUT2D eigenvalue weighted by molar-refractivity contribution is 14.1. The molecule has 0 saturated heterocycles. The minimum atomic E-state index is -3.65. The molecule has 1 aliphatic carbocycles. The van der Waals surface area contributed by atoms with E-state index in [2.05, 4.69) is 29.5 Å². The minimum absolute atomic E-state index is 0.0183. The fourth-order valence-corrected chi connectivity index (χ4v) is 6.88. The van der Waals surface area contributed by atoms with Crippen LogP contribution >= 0.6 is 22.6 Å². The summed E-state index contributed by atoms with van der Waals surface area (Å²) in [6.45, 7) is 8.39. The highest BCUT2D eigenvalue weighted by Gasteiger charge is 2.36. The standard InChI is InChI=1S/C25H34INO4S/c1-17(2)31-25-22(26)14-20(15-24(25)30-5)16-27(23-9-7-6-8-19(23)4)32(28,29)21-12-10-18(3)11-13-21/h10-15,17,19,23H,6-9,16H2,1-5H3/t19-,23-/m0/s1. The van der Waals surface area contributed by atoms with Gasteiger partial charge in [0.05, 0.1) is 21.7 Å². The van der Waals surface area contributed by atoms with Gasteiger partial charge in [0.15, 0.2) is 11.5 Å². The average Bonchev–Trinajstić information content (AvgIpc) is 2.74. The average molecular weight is 572 g/mol. The quantitative estimate of drug-likeness (QED) is 0.356. The zero-order valence-corrected chi connectivity index (χ0v) is 22.6. The predicted molar refractivity (Wildman–Crippen MR) is 137 cm³/mol. The second-order valence-corrected chi connectivity index (χ2v) is 12.0. The van der Waals surface area contributed by atoms with Crippen molar-refractivity contribution in [2.45, 2.75) is 77.0 Å².